The average Bonchev–Trinajstić information content (AvgIpc) is 2.38. The summed E-state index contributed by atoms with van der Waals surface area (Å²) in [5.74, 6) is 1.60. The monoisotopic (exact) mass is 246 g/mol. The van der Waals surface area contributed by atoms with Gasteiger partial charge in [-0.15, -0.1) is 0 Å². The molecule has 0 saturated heterocycles. The normalized spacial score (nSPS) is 10.1. The molecule has 0 radical (unpaired) electrons. The van der Waals surface area contributed by atoms with Gasteiger partial charge in [0.05, 0.1) is 19.3 Å². The number of aromatic nitrogens is 4. The third kappa shape index (κ3) is 2.62. The van der Waals surface area contributed by atoms with Crippen LogP contribution in [0.5, 0.6) is 5.88 Å². The van der Waals surface area contributed by atoms with Crippen molar-refractivity contribution in [3.05, 3.63) is 30.1 Å². The van der Waals surface area contributed by atoms with Crippen LogP contribution in [-0.4, -0.2) is 27.0 Å². The second-order valence-corrected chi connectivity index (χ2v) is 3.59. The van der Waals surface area contributed by atoms with Crippen molar-refractivity contribution in [2.24, 2.45) is 0 Å². The predicted octanol–water partition coefficient (Wildman–Crippen LogP) is 0.778. The van der Waals surface area contributed by atoms with Gasteiger partial charge < -0.3 is 15.8 Å². The summed E-state index contributed by atoms with van der Waals surface area (Å²) in [5.41, 5.74) is 7.08. The first-order valence-corrected chi connectivity index (χ1v) is 5.37. The molecule has 0 saturated carbocycles. The quantitative estimate of drug-likeness (QED) is 0.822. The molecule has 0 bridgehead atoms. The van der Waals surface area contributed by atoms with Crippen molar-refractivity contribution < 1.29 is 4.74 Å². The van der Waals surface area contributed by atoms with Crippen LogP contribution in [-0.2, 0) is 6.54 Å². The summed E-state index contributed by atoms with van der Waals surface area (Å²) >= 11 is 0. The van der Waals surface area contributed by atoms with Gasteiger partial charge >= 0.3 is 0 Å². The van der Waals surface area contributed by atoms with Crippen LogP contribution >= 0.6 is 0 Å². The lowest BCUT2D eigenvalue weighted by molar-refractivity contribution is 0.399. The van der Waals surface area contributed by atoms with Gasteiger partial charge in [0.2, 0.25) is 5.88 Å². The Morgan fingerprint density at radius 3 is 2.89 bits per heavy atom. The van der Waals surface area contributed by atoms with E-state index in [-0.39, 0.29) is 0 Å². The second-order valence-electron chi connectivity index (χ2n) is 3.59. The molecule has 0 aliphatic carbocycles. The maximum Gasteiger partial charge on any atom is 0.242 e. The van der Waals surface area contributed by atoms with Crippen molar-refractivity contribution in [2.45, 2.75) is 13.5 Å². The number of rotatable bonds is 4. The molecule has 18 heavy (non-hydrogen) atoms. The Morgan fingerprint density at radius 2 is 2.17 bits per heavy atom. The number of hydrogen-bond acceptors (Lipinski definition) is 7. The van der Waals surface area contributed by atoms with Gasteiger partial charge in [-0.2, -0.15) is 4.98 Å². The first-order chi connectivity index (χ1) is 8.70. The van der Waals surface area contributed by atoms with Gasteiger partial charge in [-0.25, -0.2) is 15.0 Å². The SMILES string of the molecule is COc1ncnc(NCc2ccnc(C)n2)c1N. The lowest BCUT2D eigenvalue weighted by Gasteiger charge is -2.09. The number of methoxy groups -OCH3 is 1. The summed E-state index contributed by atoms with van der Waals surface area (Å²) in [6, 6.07) is 1.83. The number of ether oxygens (including phenoxy) is 1. The van der Waals surface area contributed by atoms with Gasteiger partial charge in [-0.3, -0.25) is 0 Å². The number of anilines is 2. The molecule has 0 unspecified atom stereocenters. The molecule has 0 atom stereocenters. The fourth-order valence-electron chi connectivity index (χ4n) is 1.46. The van der Waals surface area contributed by atoms with Crippen molar-refractivity contribution >= 4 is 11.5 Å². The van der Waals surface area contributed by atoms with Crippen LogP contribution in [0.25, 0.3) is 0 Å². The summed E-state index contributed by atoms with van der Waals surface area (Å²) < 4.78 is 5.02. The van der Waals surface area contributed by atoms with E-state index in [9.17, 15) is 0 Å². The second kappa shape index (κ2) is 5.26. The Bertz CT molecular complexity index is 545. The van der Waals surface area contributed by atoms with Crippen LogP contribution < -0.4 is 15.8 Å². The van der Waals surface area contributed by atoms with E-state index in [1.807, 2.05) is 13.0 Å². The van der Waals surface area contributed by atoms with Crippen LogP contribution in [0.3, 0.4) is 0 Å². The minimum absolute atomic E-state index is 0.353. The summed E-state index contributed by atoms with van der Waals surface area (Å²) in [7, 11) is 1.51. The fourth-order valence-corrected chi connectivity index (χ4v) is 1.46. The largest absolute Gasteiger partial charge is 0.479 e. The maximum absolute atomic E-state index is 5.84. The number of nitrogens with two attached hydrogens (primary N) is 1. The Labute approximate surface area is 104 Å². The highest BCUT2D eigenvalue weighted by Gasteiger charge is 2.07. The summed E-state index contributed by atoms with van der Waals surface area (Å²) in [5, 5.41) is 3.08. The molecule has 0 spiro atoms. The highest BCUT2D eigenvalue weighted by atomic mass is 16.5. The van der Waals surface area contributed by atoms with E-state index in [1.54, 1.807) is 6.20 Å². The van der Waals surface area contributed by atoms with Gasteiger partial charge in [0.1, 0.15) is 17.8 Å². The summed E-state index contributed by atoms with van der Waals surface area (Å²) in [6.07, 6.45) is 3.10. The van der Waals surface area contributed by atoms with Gasteiger partial charge in [-0.05, 0) is 13.0 Å². The minimum Gasteiger partial charge on any atom is -0.479 e. The fraction of sp³-hybridized carbons (Fsp3) is 0.273. The van der Waals surface area contributed by atoms with Crippen LogP contribution in [0.4, 0.5) is 11.5 Å². The molecular formula is C11H14N6O. The zero-order chi connectivity index (χ0) is 13.0. The van der Waals surface area contributed by atoms with E-state index >= 15 is 0 Å². The number of nitrogens with one attached hydrogen (secondary N) is 1. The Kier molecular flexibility index (Phi) is 3.52. The van der Waals surface area contributed by atoms with Crippen LogP contribution in [0.2, 0.25) is 0 Å². The Hall–Kier alpha value is -2.44. The lowest BCUT2D eigenvalue weighted by Crippen LogP contribution is -2.08. The number of nitrogen functional groups attached to an aromatic ring is 1. The molecule has 3 N–H and O–H groups in total. The number of hydrogen-bond donors (Lipinski definition) is 2. The smallest absolute Gasteiger partial charge is 0.242 e. The molecule has 0 aliphatic rings. The average molecular weight is 246 g/mol. The highest BCUT2D eigenvalue weighted by Crippen LogP contribution is 2.24. The van der Waals surface area contributed by atoms with Crippen LogP contribution in [0.1, 0.15) is 11.5 Å². The standard InChI is InChI=1S/C11H14N6O/c1-7-13-4-3-8(17-7)5-14-10-9(12)11(18-2)16-6-15-10/h3-4,6H,5,12H2,1-2H3,(H,14,15,16). The molecule has 2 rings (SSSR count). The highest BCUT2D eigenvalue weighted by molar-refractivity contribution is 5.66. The van der Waals surface area contributed by atoms with E-state index in [1.165, 1.54) is 13.4 Å². The first kappa shape index (κ1) is 12.0. The molecule has 7 nitrogen and oxygen atoms in total. The maximum atomic E-state index is 5.84. The molecule has 0 amide bonds. The van der Waals surface area contributed by atoms with Gasteiger partial charge in [0.25, 0.3) is 0 Å². The topological polar surface area (TPSA) is 98.8 Å². The van der Waals surface area contributed by atoms with Crippen molar-refractivity contribution in [2.75, 3.05) is 18.2 Å². The molecule has 2 heterocycles. The van der Waals surface area contributed by atoms with Gasteiger partial charge in [-0.1, -0.05) is 0 Å². The number of aryl methyl sites for hydroxylation is 1. The van der Waals surface area contributed by atoms with Crippen molar-refractivity contribution in [3.63, 3.8) is 0 Å². The third-order valence-corrected chi connectivity index (χ3v) is 2.31. The molecule has 7 heteroatoms. The van der Waals surface area contributed by atoms with Crippen molar-refractivity contribution in [3.8, 4) is 5.88 Å². The number of nitrogens with zero attached hydrogens (tertiary/aromatic N) is 4. The molecular weight excluding hydrogens is 232 g/mol. The van der Waals surface area contributed by atoms with Gasteiger partial charge in [0.15, 0.2) is 5.82 Å². The summed E-state index contributed by atoms with van der Waals surface area (Å²) in [6.45, 7) is 2.35. The minimum atomic E-state index is 0.353. The van der Waals surface area contributed by atoms with E-state index < -0.39 is 0 Å². The molecule has 0 aliphatic heterocycles. The van der Waals surface area contributed by atoms with E-state index in [0.717, 1.165) is 11.5 Å². The molecule has 0 fully saturated rings. The predicted molar refractivity (Wildman–Crippen MR) is 67.1 cm³/mol. The third-order valence-electron chi connectivity index (χ3n) is 2.31. The Morgan fingerprint density at radius 1 is 1.33 bits per heavy atom. The molecule has 0 aromatic carbocycles. The van der Waals surface area contributed by atoms with E-state index in [4.69, 9.17) is 10.5 Å². The first-order valence-electron chi connectivity index (χ1n) is 5.37. The Balaban J connectivity index is 2.11. The van der Waals surface area contributed by atoms with Crippen molar-refractivity contribution in [1.82, 2.24) is 19.9 Å². The zero-order valence-corrected chi connectivity index (χ0v) is 10.2. The van der Waals surface area contributed by atoms with Crippen LogP contribution in [0, 0.1) is 6.92 Å². The molecule has 2 aromatic rings. The van der Waals surface area contributed by atoms with E-state index in [2.05, 4.69) is 25.3 Å². The zero-order valence-electron chi connectivity index (χ0n) is 10.2. The summed E-state index contributed by atoms with van der Waals surface area (Å²) in [4.78, 5) is 16.3. The van der Waals surface area contributed by atoms with Crippen LogP contribution in [0.15, 0.2) is 18.6 Å². The van der Waals surface area contributed by atoms with Crippen molar-refractivity contribution in [1.29, 1.82) is 0 Å². The molecule has 94 valence electrons. The lowest BCUT2D eigenvalue weighted by atomic mass is 10.3. The van der Waals surface area contributed by atoms with E-state index in [0.29, 0.717) is 23.9 Å². The van der Waals surface area contributed by atoms with Gasteiger partial charge in [0, 0.05) is 6.20 Å². The molecule has 2 aromatic heterocycles.